The number of benzene rings is 1. The van der Waals surface area contributed by atoms with Crippen LogP contribution in [0.2, 0.25) is 0 Å². The van der Waals surface area contributed by atoms with E-state index in [4.69, 9.17) is 9.47 Å². The molecule has 1 fully saturated rings. The van der Waals surface area contributed by atoms with Crippen molar-refractivity contribution in [3.63, 3.8) is 0 Å². The first kappa shape index (κ1) is 14.8. The van der Waals surface area contributed by atoms with Gasteiger partial charge < -0.3 is 20.1 Å². The number of amides is 2. The third kappa shape index (κ3) is 4.21. The van der Waals surface area contributed by atoms with Gasteiger partial charge in [-0.2, -0.15) is 0 Å². The Kier molecular flexibility index (Phi) is 4.62. The van der Waals surface area contributed by atoms with E-state index in [1.54, 1.807) is 0 Å². The molecular weight excluding hydrogens is 256 g/mol. The standard InChI is InChI=1S/C15H22N2O3/c1-4-11-6-5-7-12(8-11)17-14(18)16-9-13-10-19-15(2,3)20-13/h5-8,13H,4,9-10H2,1-3H3,(H2,16,17,18). The summed E-state index contributed by atoms with van der Waals surface area (Å²) in [4.78, 5) is 11.8. The maximum Gasteiger partial charge on any atom is 0.319 e. The van der Waals surface area contributed by atoms with Crippen LogP contribution in [-0.2, 0) is 15.9 Å². The van der Waals surface area contributed by atoms with Gasteiger partial charge in [0.25, 0.3) is 0 Å². The molecule has 1 aromatic rings. The summed E-state index contributed by atoms with van der Waals surface area (Å²) < 4.78 is 11.1. The average Bonchev–Trinajstić information content (AvgIpc) is 2.76. The molecule has 0 saturated carbocycles. The average molecular weight is 278 g/mol. The lowest BCUT2D eigenvalue weighted by molar-refractivity contribution is -0.137. The summed E-state index contributed by atoms with van der Waals surface area (Å²) in [7, 11) is 0. The van der Waals surface area contributed by atoms with E-state index >= 15 is 0 Å². The van der Waals surface area contributed by atoms with Gasteiger partial charge in [0, 0.05) is 12.2 Å². The van der Waals surface area contributed by atoms with Crippen LogP contribution in [0, 0.1) is 0 Å². The van der Waals surface area contributed by atoms with Crippen LogP contribution >= 0.6 is 0 Å². The van der Waals surface area contributed by atoms with Crippen LogP contribution in [0.1, 0.15) is 26.3 Å². The summed E-state index contributed by atoms with van der Waals surface area (Å²) in [5, 5.41) is 5.61. The summed E-state index contributed by atoms with van der Waals surface area (Å²) in [6.07, 6.45) is 0.845. The van der Waals surface area contributed by atoms with Crippen molar-refractivity contribution in [3.05, 3.63) is 29.8 Å². The number of hydrogen-bond acceptors (Lipinski definition) is 3. The Morgan fingerprint density at radius 1 is 1.45 bits per heavy atom. The molecule has 1 unspecified atom stereocenters. The molecule has 1 aromatic carbocycles. The van der Waals surface area contributed by atoms with Crippen LogP contribution in [-0.4, -0.2) is 31.1 Å². The summed E-state index contributed by atoms with van der Waals surface area (Å²) in [6, 6.07) is 7.58. The highest BCUT2D eigenvalue weighted by molar-refractivity contribution is 5.89. The molecule has 1 atom stereocenters. The van der Waals surface area contributed by atoms with Gasteiger partial charge in [0.1, 0.15) is 6.10 Å². The summed E-state index contributed by atoms with van der Waals surface area (Å²) in [5.41, 5.74) is 1.99. The Bertz CT molecular complexity index is 474. The Hall–Kier alpha value is -1.59. The van der Waals surface area contributed by atoms with Crippen molar-refractivity contribution in [2.24, 2.45) is 0 Å². The van der Waals surface area contributed by atoms with Crippen LogP contribution in [0.4, 0.5) is 10.5 Å². The number of ether oxygens (including phenoxy) is 2. The van der Waals surface area contributed by atoms with Crippen LogP contribution < -0.4 is 10.6 Å². The van der Waals surface area contributed by atoms with Crippen molar-refractivity contribution in [1.29, 1.82) is 0 Å². The Morgan fingerprint density at radius 3 is 2.90 bits per heavy atom. The number of rotatable bonds is 4. The highest BCUT2D eigenvalue weighted by atomic mass is 16.7. The van der Waals surface area contributed by atoms with Gasteiger partial charge >= 0.3 is 6.03 Å². The zero-order valence-corrected chi connectivity index (χ0v) is 12.2. The van der Waals surface area contributed by atoms with E-state index in [0.717, 1.165) is 12.1 Å². The lowest BCUT2D eigenvalue weighted by Gasteiger charge is -2.17. The van der Waals surface area contributed by atoms with Crippen LogP contribution in [0.15, 0.2) is 24.3 Å². The fourth-order valence-electron chi connectivity index (χ4n) is 2.11. The van der Waals surface area contributed by atoms with Gasteiger partial charge in [-0.15, -0.1) is 0 Å². The van der Waals surface area contributed by atoms with Crippen molar-refractivity contribution >= 4 is 11.7 Å². The molecule has 0 aromatic heterocycles. The van der Waals surface area contributed by atoms with Crippen molar-refractivity contribution in [1.82, 2.24) is 5.32 Å². The van der Waals surface area contributed by atoms with E-state index in [1.807, 2.05) is 38.1 Å². The molecule has 1 aliphatic rings. The topological polar surface area (TPSA) is 59.6 Å². The van der Waals surface area contributed by atoms with Crippen LogP contribution in [0.3, 0.4) is 0 Å². The molecule has 5 heteroatoms. The molecule has 2 amide bonds. The maximum atomic E-state index is 11.8. The van der Waals surface area contributed by atoms with Gasteiger partial charge in [0.05, 0.1) is 6.61 Å². The van der Waals surface area contributed by atoms with Crippen molar-refractivity contribution in [2.75, 3.05) is 18.5 Å². The third-order valence-electron chi connectivity index (χ3n) is 3.15. The number of carbonyl (C=O) groups excluding carboxylic acids is 1. The van der Waals surface area contributed by atoms with E-state index in [9.17, 15) is 4.79 Å². The van der Waals surface area contributed by atoms with Crippen LogP contribution in [0.5, 0.6) is 0 Å². The van der Waals surface area contributed by atoms with Gasteiger partial charge in [-0.3, -0.25) is 0 Å². The Labute approximate surface area is 119 Å². The molecule has 2 rings (SSSR count). The molecule has 1 saturated heterocycles. The van der Waals surface area contributed by atoms with E-state index < -0.39 is 5.79 Å². The zero-order chi connectivity index (χ0) is 14.6. The first-order chi connectivity index (χ1) is 9.48. The minimum Gasteiger partial charge on any atom is -0.348 e. The number of carbonyl (C=O) groups is 1. The predicted molar refractivity (Wildman–Crippen MR) is 77.7 cm³/mol. The molecule has 0 bridgehead atoms. The van der Waals surface area contributed by atoms with Crippen molar-refractivity contribution in [3.8, 4) is 0 Å². The molecule has 110 valence electrons. The molecule has 1 aliphatic heterocycles. The molecule has 1 heterocycles. The normalized spacial score (nSPS) is 20.6. The predicted octanol–water partition coefficient (Wildman–Crippen LogP) is 2.52. The fourth-order valence-corrected chi connectivity index (χ4v) is 2.11. The second-order valence-electron chi connectivity index (χ2n) is 5.34. The van der Waals surface area contributed by atoms with E-state index in [-0.39, 0.29) is 12.1 Å². The first-order valence-electron chi connectivity index (χ1n) is 6.94. The molecule has 0 spiro atoms. The smallest absolute Gasteiger partial charge is 0.319 e. The van der Waals surface area contributed by atoms with Gasteiger partial charge in [-0.1, -0.05) is 19.1 Å². The number of aryl methyl sites for hydroxylation is 1. The fraction of sp³-hybridized carbons (Fsp3) is 0.533. The summed E-state index contributed by atoms with van der Waals surface area (Å²) in [5.74, 6) is -0.557. The van der Waals surface area contributed by atoms with E-state index in [1.165, 1.54) is 5.56 Å². The minimum absolute atomic E-state index is 0.0993. The second-order valence-corrected chi connectivity index (χ2v) is 5.34. The van der Waals surface area contributed by atoms with Gasteiger partial charge in [0.2, 0.25) is 0 Å². The summed E-state index contributed by atoms with van der Waals surface area (Å²) in [6.45, 7) is 6.74. The minimum atomic E-state index is -0.557. The highest BCUT2D eigenvalue weighted by Gasteiger charge is 2.32. The lowest BCUT2D eigenvalue weighted by Crippen LogP contribution is -2.37. The second kappa shape index (κ2) is 6.24. The van der Waals surface area contributed by atoms with Gasteiger partial charge in [-0.25, -0.2) is 4.79 Å². The van der Waals surface area contributed by atoms with Crippen molar-refractivity contribution < 1.29 is 14.3 Å². The van der Waals surface area contributed by atoms with E-state index in [0.29, 0.717) is 13.2 Å². The Balaban J connectivity index is 1.78. The van der Waals surface area contributed by atoms with Crippen LogP contribution in [0.25, 0.3) is 0 Å². The number of nitrogens with one attached hydrogen (secondary N) is 2. The monoisotopic (exact) mass is 278 g/mol. The summed E-state index contributed by atoms with van der Waals surface area (Å²) >= 11 is 0. The quantitative estimate of drug-likeness (QED) is 0.889. The molecule has 2 N–H and O–H groups in total. The maximum absolute atomic E-state index is 11.8. The molecule has 5 nitrogen and oxygen atoms in total. The number of urea groups is 1. The number of anilines is 1. The molecule has 0 radical (unpaired) electrons. The largest absolute Gasteiger partial charge is 0.348 e. The SMILES string of the molecule is CCc1cccc(NC(=O)NCC2COC(C)(C)O2)c1. The first-order valence-corrected chi connectivity index (χ1v) is 6.94. The molecule has 0 aliphatic carbocycles. The van der Waals surface area contributed by atoms with Gasteiger partial charge in [0.15, 0.2) is 5.79 Å². The van der Waals surface area contributed by atoms with Gasteiger partial charge in [-0.05, 0) is 38.0 Å². The third-order valence-corrected chi connectivity index (χ3v) is 3.15. The molecular formula is C15H22N2O3. The Morgan fingerprint density at radius 2 is 2.25 bits per heavy atom. The lowest BCUT2D eigenvalue weighted by atomic mass is 10.1. The molecule has 20 heavy (non-hydrogen) atoms. The number of hydrogen-bond donors (Lipinski definition) is 2. The highest BCUT2D eigenvalue weighted by Crippen LogP contribution is 2.21. The van der Waals surface area contributed by atoms with Crippen molar-refractivity contribution in [2.45, 2.75) is 39.1 Å². The zero-order valence-electron chi connectivity index (χ0n) is 12.2. The van der Waals surface area contributed by atoms with E-state index in [2.05, 4.69) is 17.6 Å².